The van der Waals surface area contributed by atoms with Gasteiger partial charge in [0, 0.05) is 17.2 Å². The molecule has 0 aliphatic heterocycles. The van der Waals surface area contributed by atoms with E-state index in [0.29, 0.717) is 6.42 Å². The van der Waals surface area contributed by atoms with Crippen LogP contribution in [0, 0.1) is 6.92 Å². The zero-order chi connectivity index (χ0) is 16.0. The second-order valence-electron chi connectivity index (χ2n) is 5.65. The third kappa shape index (κ3) is 1.99. The van der Waals surface area contributed by atoms with E-state index in [1.165, 1.54) is 0 Å². The van der Waals surface area contributed by atoms with Gasteiger partial charge < -0.3 is 5.32 Å². The molecule has 4 rings (SSSR count). The van der Waals surface area contributed by atoms with E-state index in [4.69, 9.17) is 4.98 Å². The van der Waals surface area contributed by atoms with Gasteiger partial charge in [-0.05, 0) is 19.1 Å². The van der Waals surface area contributed by atoms with Gasteiger partial charge in [0.05, 0.1) is 22.2 Å². The first-order chi connectivity index (χ1) is 11.2. The molecule has 23 heavy (non-hydrogen) atoms. The number of aromatic nitrogens is 2. The Morgan fingerprint density at radius 2 is 1.78 bits per heavy atom. The van der Waals surface area contributed by atoms with Gasteiger partial charge >= 0.3 is 0 Å². The lowest BCUT2D eigenvalue weighted by Crippen LogP contribution is -2.09. The van der Waals surface area contributed by atoms with E-state index < -0.39 is 0 Å². The number of benzene rings is 2. The maximum atomic E-state index is 12.1. The maximum Gasteiger partial charge on any atom is 0.224 e. The molecule has 0 aliphatic carbocycles. The van der Waals surface area contributed by atoms with Crippen LogP contribution < -0.4 is 5.32 Å². The fourth-order valence-electron chi connectivity index (χ4n) is 3.18. The van der Waals surface area contributed by atoms with Crippen LogP contribution in [0.2, 0.25) is 0 Å². The molecule has 0 saturated carbocycles. The molecule has 4 nitrogen and oxygen atoms in total. The van der Waals surface area contributed by atoms with Crippen molar-refractivity contribution in [3.63, 3.8) is 0 Å². The second-order valence-corrected chi connectivity index (χ2v) is 5.65. The number of nitrogens with one attached hydrogen (secondary N) is 1. The summed E-state index contributed by atoms with van der Waals surface area (Å²) < 4.78 is 2.13. The number of para-hydroxylation sites is 2. The number of anilines is 1. The van der Waals surface area contributed by atoms with Gasteiger partial charge in [0.2, 0.25) is 5.91 Å². The third-order valence-corrected chi connectivity index (χ3v) is 4.23. The SMILES string of the molecule is CCC(=O)Nc1c2ccccc2n2c(C)nc3ccccc3c12. The molecule has 1 N–H and O–H groups in total. The monoisotopic (exact) mass is 303 g/mol. The molecule has 0 atom stereocenters. The van der Waals surface area contributed by atoms with Crippen LogP contribution in [-0.2, 0) is 4.79 Å². The Kier molecular flexibility index (Phi) is 3.05. The lowest BCUT2D eigenvalue weighted by atomic mass is 10.1. The van der Waals surface area contributed by atoms with Gasteiger partial charge in [-0.3, -0.25) is 9.20 Å². The summed E-state index contributed by atoms with van der Waals surface area (Å²) in [5.41, 5.74) is 3.88. The highest BCUT2D eigenvalue weighted by Crippen LogP contribution is 2.36. The van der Waals surface area contributed by atoms with E-state index in [2.05, 4.69) is 21.9 Å². The van der Waals surface area contributed by atoms with Crippen molar-refractivity contribution in [2.45, 2.75) is 20.3 Å². The molecule has 0 radical (unpaired) electrons. The first-order valence-electron chi connectivity index (χ1n) is 7.79. The molecule has 0 fully saturated rings. The molecule has 0 bridgehead atoms. The van der Waals surface area contributed by atoms with Gasteiger partial charge in [-0.1, -0.05) is 43.3 Å². The summed E-state index contributed by atoms with van der Waals surface area (Å²) in [6, 6.07) is 16.2. The quantitative estimate of drug-likeness (QED) is 0.600. The van der Waals surface area contributed by atoms with E-state index in [1.807, 2.05) is 50.2 Å². The second kappa shape index (κ2) is 5.09. The number of rotatable bonds is 2. The summed E-state index contributed by atoms with van der Waals surface area (Å²) in [5.74, 6) is 0.925. The van der Waals surface area contributed by atoms with Gasteiger partial charge in [0.25, 0.3) is 0 Å². The number of hydrogen-bond donors (Lipinski definition) is 1. The van der Waals surface area contributed by atoms with Gasteiger partial charge in [-0.15, -0.1) is 0 Å². The van der Waals surface area contributed by atoms with Crippen molar-refractivity contribution in [2.24, 2.45) is 0 Å². The Labute approximate surface area is 133 Å². The lowest BCUT2D eigenvalue weighted by molar-refractivity contribution is -0.115. The van der Waals surface area contributed by atoms with Crippen molar-refractivity contribution >= 4 is 38.9 Å². The summed E-state index contributed by atoms with van der Waals surface area (Å²) in [7, 11) is 0. The predicted molar refractivity (Wildman–Crippen MR) is 93.9 cm³/mol. The topological polar surface area (TPSA) is 46.4 Å². The zero-order valence-corrected chi connectivity index (χ0v) is 13.1. The fourth-order valence-corrected chi connectivity index (χ4v) is 3.18. The van der Waals surface area contributed by atoms with Crippen molar-refractivity contribution in [2.75, 3.05) is 5.32 Å². The summed E-state index contributed by atoms with van der Waals surface area (Å²) in [6.45, 7) is 3.86. The Morgan fingerprint density at radius 3 is 2.57 bits per heavy atom. The lowest BCUT2D eigenvalue weighted by Gasteiger charge is -2.08. The minimum atomic E-state index is 0.0156. The Balaban J connectivity index is 2.24. The number of amides is 1. The molecular weight excluding hydrogens is 286 g/mol. The average Bonchev–Trinajstić information content (AvgIpc) is 2.90. The summed E-state index contributed by atoms with van der Waals surface area (Å²) in [5, 5.41) is 5.17. The molecule has 1 amide bonds. The highest BCUT2D eigenvalue weighted by molar-refractivity contribution is 6.16. The molecule has 2 heterocycles. The Morgan fingerprint density at radius 1 is 1.09 bits per heavy atom. The smallest absolute Gasteiger partial charge is 0.224 e. The molecule has 4 heteroatoms. The van der Waals surface area contributed by atoms with Crippen molar-refractivity contribution < 1.29 is 4.79 Å². The average molecular weight is 303 g/mol. The van der Waals surface area contributed by atoms with Crippen LogP contribution in [0.3, 0.4) is 0 Å². The van der Waals surface area contributed by atoms with Gasteiger partial charge in [-0.2, -0.15) is 0 Å². The molecule has 4 aromatic rings. The minimum absolute atomic E-state index is 0.0156. The molecule has 2 aromatic carbocycles. The molecule has 2 aromatic heterocycles. The van der Waals surface area contributed by atoms with E-state index in [9.17, 15) is 4.79 Å². The summed E-state index contributed by atoms with van der Waals surface area (Å²) in [4.78, 5) is 16.8. The number of aryl methyl sites for hydroxylation is 1. The molecule has 0 unspecified atom stereocenters. The van der Waals surface area contributed by atoms with E-state index >= 15 is 0 Å². The minimum Gasteiger partial charge on any atom is -0.324 e. The maximum absolute atomic E-state index is 12.1. The van der Waals surface area contributed by atoms with Gasteiger partial charge in [0.1, 0.15) is 5.82 Å². The highest BCUT2D eigenvalue weighted by atomic mass is 16.1. The first-order valence-corrected chi connectivity index (χ1v) is 7.79. The Hall–Kier alpha value is -2.88. The van der Waals surface area contributed by atoms with Crippen LogP contribution in [0.1, 0.15) is 19.2 Å². The fraction of sp³-hybridized carbons (Fsp3) is 0.158. The molecule has 0 spiro atoms. The van der Waals surface area contributed by atoms with Crippen LogP contribution >= 0.6 is 0 Å². The Bertz CT molecular complexity index is 1060. The van der Waals surface area contributed by atoms with E-state index in [1.54, 1.807) is 0 Å². The molecule has 114 valence electrons. The highest BCUT2D eigenvalue weighted by Gasteiger charge is 2.17. The predicted octanol–water partition coefficient (Wildman–Crippen LogP) is 4.30. The molecule has 0 saturated heterocycles. The number of nitrogens with zero attached hydrogens (tertiary/aromatic N) is 2. The van der Waals surface area contributed by atoms with Crippen molar-refractivity contribution in [3.05, 3.63) is 54.4 Å². The number of carbonyl (C=O) groups is 1. The standard InChI is InChI=1S/C19H17N3O/c1-3-17(23)21-18-14-9-5-7-11-16(14)22-12(2)20-15-10-6-4-8-13(15)19(18)22/h4-11H,3H2,1-2H3,(H,21,23). The number of fused-ring (bicyclic) bond motifs is 5. The third-order valence-electron chi connectivity index (χ3n) is 4.23. The first kappa shape index (κ1) is 13.8. The number of carbonyl (C=O) groups excluding carboxylic acids is 1. The number of hydrogen-bond acceptors (Lipinski definition) is 2. The van der Waals surface area contributed by atoms with Crippen LogP contribution in [0.5, 0.6) is 0 Å². The van der Waals surface area contributed by atoms with Gasteiger partial charge in [-0.25, -0.2) is 4.98 Å². The molecular formula is C19H17N3O. The van der Waals surface area contributed by atoms with Crippen molar-refractivity contribution in [3.8, 4) is 0 Å². The zero-order valence-electron chi connectivity index (χ0n) is 13.1. The van der Waals surface area contributed by atoms with Crippen LogP contribution in [0.4, 0.5) is 5.69 Å². The molecule has 0 aliphatic rings. The summed E-state index contributed by atoms with van der Waals surface area (Å²) in [6.07, 6.45) is 0.452. The summed E-state index contributed by atoms with van der Waals surface area (Å²) >= 11 is 0. The van der Waals surface area contributed by atoms with Crippen LogP contribution in [0.25, 0.3) is 27.3 Å². The van der Waals surface area contributed by atoms with E-state index in [-0.39, 0.29) is 5.91 Å². The van der Waals surface area contributed by atoms with Crippen LogP contribution in [-0.4, -0.2) is 15.3 Å². The van der Waals surface area contributed by atoms with Crippen molar-refractivity contribution in [1.82, 2.24) is 9.38 Å². The van der Waals surface area contributed by atoms with Crippen LogP contribution in [0.15, 0.2) is 48.5 Å². The normalized spacial score (nSPS) is 11.4. The van der Waals surface area contributed by atoms with E-state index in [0.717, 1.165) is 38.8 Å². The van der Waals surface area contributed by atoms with Crippen molar-refractivity contribution in [1.29, 1.82) is 0 Å². The van der Waals surface area contributed by atoms with Gasteiger partial charge in [0.15, 0.2) is 0 Å². The largest absolute Gasteiger partial charge is 0.324 e.